The van der Waals surface area contributed by atoms with Gasteiger partial charge in [-0.05, 0) is 48.5 Å². The number of hydrogen-bond acceptors (Lipinski definition) is 3. The Kier molecular flexibility index (Phi) is 5.46. The van der Waals surface area contributed by atoms with Crippen molar-refractivity contribution in [2.75, 3.05) is 0 Å². The largest absolute Gasteiger partial charge is 0.289 e. The van der Waals surface area contributed by atoms with Crippen LogP contribution in [0.2, 0.25) is 0 Å². The lowest BCUT2D eigenvalue weighted by Crippen LogP contribution is -2.03. The summed E-state index contributed by atoms with van der Waals surface area (Å²) >= 11 is 6.87. The van der Waals surface area contributed by atoms with Crippen LogP contribution in [0.4, 0.5) is 0 Å². The molecule has 5 heteroatoms. The molecule has 0 spiro atoms. The number of aromatic nitrogens is 2. The molecule has 0 aliphatic heterocycles. The van der Waals surface area contributed by atoms with Gasteiger partial charge >= 0.3 is 0 Å². The number of halogens is 2. The van der Waals surface area contributed by atoms with Gasteiger partial charge in [-0.1, -0.05) is 56.1 Å². The maximum atomic E-state index is 13.1. The van der Waals surface area contributed by atoms with Crippen molar-refractivity contribution < 1.29 is 4.79 Å². The quantitative estimate of drug-likeness (QED) is 0.302. The summed E-state index contributed by atoms with van der Waals surface area (Å²) in [6, 6.07) is 22.8. The Bertz CT molecular complexity index is 1050. The van der Waals surface area contributed by atoms with Crippen LogP contribution in [0.15, 0.2) is 94.1 Å². The maximum absolute atomic E-state index is 13.1. The summed E-state index contributed by atoms with van der Waals surface area (Å²) in [6.45, 7) is 0. The molecule has 0 unspecified atom stereocenters. The van der Waals surface area contributed by atoms with Gasteiger partial charge in [-0.15, -0.1) is 0 Å². The molecule has 4 aromatic rings. The van der Waals surface area contributed by atoms with Gasteiger partial charge in [0.15, 0.2) is 5.78 Å². The van der Waals surface area contributed by atoms with Crippen molar-refractivity contribution in [1.82, 2.24) is 9.97 Å². The van der Waals surface area contributed by atoms with E-state index in [9.17, 15) is 4.79 Å². The highest BCUT2D eigenvalue weighted by atomic mass is 79.9. The van der Waals surface area contributed by atoms with E-state index in [4.69, 9.17) is 0 Å². The van der Waals surface area contributed by atoms with Gasteiger partial charge in [0.25, 0.3) is 0 Å². The third kappa shape index (κ3) is 4.11. The van der Waals surface area contributed by atoms with E-state index in [1.165, 1.54) is 0 Å². The highest BCUT2D eigenvalue weighted by molar-refractivity contribution is 9.10. The lowest BCUT2D eigenvalue weighted by molar-refractivity contribution is 0.103. The molecule has 0 fully saturated rings. The molecule has 0 aliphatic carbocycles. The molecule has 3 nitrogen and oxygen atoms in total. The van der Waals surface area contributed by atoms with Crippen LogP contribution in [0.3, 0.4) is 0 Å². The van der Waals surface area contributed by atoms with Crippen LogP contribution in [0.25, 0.3) is 22.5 Å². The highest BCUT2D eigenvalue weighted by Gasteiger charge is 2.12. The third-order valence-corrected chi connectivity index (χ3v) is 5.38. The van der Waals surface area contributed by atoms with Crippen LogP contribution in [-0.4, -0.2) is 15.8 Å². The first kappa shape index (κ1) is 18.7. The number of nitrogens with zero attached hydrogens (tertiary/aromatic N) is 2. The summed E-state index contributed by atoms with van der Waals surface area (Å²) in [6.07, 6.45) is 3.34. The van der Waals surface area contributed by atoms with E-state index in [1.54, 1.807) is 24.5 Å². The smallest absolute Gasteiger partial charge is 0.193 e. The summed E-state index contributed by atoms with van der Waals surface area (Å²) in [4.78, 5) is 21.9. The molecule has 0 aliphatic rings. The van der Waals surface area contributed by atoms with Crippen molar-refractivity contribution in [2.24, 2.45) is 0 Å². The molecule has 2 aromatic heterocycles. The first-order chi connectivity index (χ1) is 13.6. The second kappa shape index (κ2) is 8.17. The second-order valence-corrected chi connectivity index (χ2v) is 8.03. The Hall–Kier alpha value is -2.63. The van der Waals surface area contributed by atoms with Gasteiger partial charge in [0, 0.05) is 43.6 Å². The van der Waals surface area contributed by atoms with E-state index in [2.05, 4.69) is 41.8 Å². The molecule has 4 rings (SSSR count). The predicted molar refractivity (Wildman–Crippen MR) is 118 cm³/mol. The summed E-state index contributed by atoms with van der Waals surface area (Å²) in [5.74, 6) is -0.0541. The lowest BCUT2D eigenvalue weighted by Gasteiger charge is -2.07. The minimum absolute atomic E-state index is 0.0541. The number of benzene rings is 2. The average molecular weight is 494 g/mol. The molecule has 0 saturated heterocycles. The molecule has 136 valence electrons. The van der Waals surface area contributed by atoms with E-state index < -0.39 is 0 Å². The monoisotopic (exact) mass is 492 g/mol. The highest BCUT2D eigenvalue weighted by Crippen LogP contribution is 2.24. The minimum atomic E-state index is -0.0541. The maximum Gasteiger partial charge on any atom is 0.193 e. The lowest BCUT2D eigenvalue weighted by atomic mass is 10.0. The Balaban J connectivity index is 1.66. The average Bonchev–Trinajstić information content (AvgIpc) is 2.74. The molecular formula is C23H14Br2N2O. The van der Waals surface area contributed by atoms with Gasteiger partial charge in [0.2, 0.25) is 0 Å². The van der Waals surface area contributed by atoms with Crippen LogP contribution < -0.4 is 0 Å². The van der Waals surface area contributed by atoms with Crippen molar-refractivity contribution in [1.29, 1.82) is 0 Å². The fraction of sp³-hybridized carbons (Fsp3) is 0. The van der Waals surface area contributed by atoms with E-state index in [1.807, 2.05) is 60.7 Å². The van der Waals surface area contributed by atoms with E-state index in [-0.39, 0.29) is 5.78 Å². The molecule has 0 radical (unpaired) electrons. The Morgan fingerprint density at radius 1 is 0.607 bits per heavy atom. The SMILES string of the molecule is O=C(c1ccnc(-c2ccc(Br)cc2)c1)c1ccnc(-c2ccc(Br)cc2)c1. The van der Waals surface area contributed by atoms with Gasteiger partial charge in [-0.3, -0.25) is 14.8 Å². The molecule has 0 bridgehead atoms. The number of ketones is 1. The fourth-order valence-electron chi connectivity index (χ4n) is 2.87. The fourth-order valence-corrected chi connectivity index (χ4v) is 3.40. The molecule has 2 heterocycles. The van der Waals surface area contributed by atoms with Gasteiger partial charge in [0.05, 0.1) is 11.4 Å². The van der Waals surface area contributed by atoms with Gasteiger partial charge < -0.3 is 0 Å². The Morgan fingerprint density at radius 3 is 1.39 bits per heavy atom. The van der Waals surface area contributed by atoms with Crippen molar-refractivity contribution in [3.05, 3.63) is 105 Å². The van der Waals surface area contributed by atoms with Crippen molar-refractivity contribution in [2.45, 2.75) is 0 Å². The topological polar surface area (TPSA) is 42.9 Å². The minimum Gasteiger partial charge on any atom is -0.289 e. The Morgan fingerprint density at radius 2 is 1.00 bits per heavy atom. The zero-order valence-electron chi connectivity index (χ0n) is 14.6. The van der Waals surface area contributed by atoms with Crippen LogP contribution in [-0.2, 0) is 0 Å². The first-order valence-corrected chi connectivity index (χ1v) is 10.2. The molecule has 2 aromatic carbocycles. The zero-order chi connectivity index (χ0) is 19.5. The molecular weight excluding hydrogens is 480 g/mol. The molecule has 0 amide bonds. The molecule has 0 saturated carbocycles. The first-order valence-electron chi connectivity index (χ1n) is 8.59. The summed E-state index contributed by atoms with van der Waals surface area (Å²) in [7, 11) is 0. The van der Waals surface area contributed by atoms with Crippen molar-refractivity contribution in [3.8, 4) is 22.5 Å². The zero-order valence-corrected chi connectivity index (χ0v) is 17.8. The van der Waals surface area contributed by atoms with Crippen LogP contribution in [0.1, 0.15) is 15.9 Å². The third-order valence-electron chi connectivity index (χ3n) is 4.32. The Labute approximate surface area is 179 Å². The molecule has 0 N–H and O–H groups in total. The van der Waals surface area contributed by atoms with Crippen molar-refractivity contribution in [3.63, 3.8) is 0 Å². The summed E-state index contributed by atoms with van der Waals surface area (Å²) < 4.78 is 2.00. The summed E-state index contributed by atoms with van der Waals surface area (Å²) in [5, 5.41) is 0. The van der Waals surface area contributed by atoms with Crippen LogP contribution >= 0.6 is 31.9 Å². The van der Waals surface area contributed by atoms with E-state index >= 15 is 0 Å². The van der Waals surface area contributed by atoms with Gasteiger partial charge in [0.1, 0.15) is 0 Å². The van der Waals surface area contributed by atoms with E-state index in [0.717, 1.165) is 31.5 Å². The van der Waals surface area contributed by atoms with Gasteiger partial charge in [-0.25, -0.2) is 0 Å². The normalized spacial score (nSPS) is 10.6. The molecule has 28 heavy (non-hydrogen) atoms. The van der Waals surface area contributed by atoms with E-state index in [0.29, 0.717) is 11.1 Å². The summed E-state index contributed by atoms with van der Waals surface area (Å²) in [5.41, 5.74) is 4.65. The number of hydrogen-bond donors (Lipinski definition) is 0. The van der Waals surface area contributed by atoms with Crippen LogP contribution in [0.5, 0.6) is 0 Å². The standard InChI is InChI=1S/C23H14Br2N2O/c24-19-5-1-15(2-6-19)21-13-17(9-11-26-21)23(28)18-10-12-27-22(14-18)16-3-7-20(25)8-4-16/h1-14H. The second-order valence-electron chi connectivity index (χ2n) is 6.20. The van der Waals surface area contributed by atoms with Crippen LogP contribution in [0, 0.1) is 0 Å². The van der Waals surface area contributed by atoms with Gasteiger partial charge in [-0.2, -0.15) is 0 Å². The number of pyridine rings is 2. The van der Waals surface area contributed by atoms with Crippen molar-refractivity contribution >= 4 is 37.6 Å². The number of carbonyl (C=O) groups excluding carboxylic acids is 1. The molecule has 0 atom stereocenters. The number of rotatable bonds is 4. The number of carbonyl (C=O) groups is 1. The predicted octanol–water partition coefficient (Wildman–Crippen LogP) is 6.57.